The lowest BCUT2D eigenvalue weighted by molar-refractivity contribution is -0.0907. The maximum absolute atomic E-state index is 14.2. The Kier molecular flexibility index (Phi) is 11.7. The van der Waals surface area contributed by atoms with Gasteiger partial charge in [-0.3, -0.25) is 0 Å². The molecule has 2 N–H and O–H groups in total. The van der Waals surface area contributed by atoms with E-state index in [0.717, 1.165) is 53.5 Å². The molecule has 268 valence electrons. The average molecular weight is 716 g/mol. The smallest absolute Gasteiger partial charge is 0.407 e. The minimum Gasteiger partial charge on any atom is -0.443 e. The van der Waals surface area contributed by atoms with Gasteiger partial charge in [0.2, 0.25) is 10.0 Å². The average Bonchev–Trinajstić information content (AvgIpc) is 3.89. The molecule has 5 atom stereocenters. The fraction of sp³-hybridized carbons (Fsp3) is 0.600. The van der Waals surface area contributed by atoms with Crippen molar-refractivity contribution in [3.8, 4) is 0 Å². The Bertz CT molecular complexity index is 1650. The Labute approximate surface area is 293 Å². The van der Waals surface area contributed by atoms with Crippen LogP contribution in [0.15, 0.2) is 53.4 Å². The number of benzene rings is 2. The van der Waals surface area contributed by atoms with Gasteiger partial charge >= 0.3 is 6.09 Å². The molecular formula is C35H49N5O7S2. The van der Waals surface area contributed by atoms with E-state index in [1.54, 1.807) is 18.2 Å². The number of nitrogens with one attached hydrogen (secondary N) is 1. The Hall–Kier alpha value is -2.85. The molecular weight excluding hydrogens is 667 g/mol. The molecule has 1 amide bonds. The number of hydrogen-bond acceptors (Lipinski definition) is 11. The minimum absolute atomic E-state index is 0.0144. The highest BCUT2D eigenvalue weighted by Gasteiger charge is 2.44. The number of carbonyl (C=O) groups excluding carboxylic acids is 1. The standard InChI is InChI=1S/C35H49N5O7S2/c1-24(2)21-40(49(43,44)26-11-12-28-32(20-26)48-34(36-28)38(3)16-17-39-14-7-8-15-39)22-30(41)29(19-25-9-5-4-6-10-25)37-35(42)47-31-23-46-33-27(31)13-18-45-33/h4-6,9-12,20,24,27,29-31,33,41H,7-8,13-19,21-23H2,1-3H3,(H,37,42)/t27-,29-,30+,31-,33+/m0/s1. The largest absolute Gasteiger partial charge is 0.443 e. The summed E-state index contributed by atoms with van der Waals surface area (Å²) in [4.78, 5) is 22.7. The topological polar surface area (TPSA) is 134 Å². The Morgan fingerprint density at radius 1 is 1.14 bits per heavy atom. The van der Waals surface area contributed by atoms with Crippen molar-refractivity contribution in [3.05, 3.63) is 54.1 Å². The van der Waals surface area contributed by atoms with Crippen LogP contribution in [0.5, 0.6) is 0 Å². The summed E-state index contributed by atoms with van der Waals surface area (Å²) in [6, 6.07) is 13.7. The predicted octanol–water partition coefficient (Wildman–Crippen LogP) is 3.93. The monoisotopic (exact) mass is 715 g/mol. The Morgan fingerprint density at radius 3 is 2.67 bits per heavy atom. The summed E-state index contributed by atoms with van der Waals surface area (Å²) >= 11 is 1.47. The number of sulfonamides is 1. The molecule has 14 heteroatoms. The number of anilines is 1. The quantitative estimate of drug-likeness (QED) is 0.239. The van der Waals surface area contributed by atoms with Gasteiger partial charge in [-0.1, -0.05) is 55.5 Å². The van der Waals surface area contributed by atoms with Gasteiger partial charge < -0.3 is 34.4 Å². The Morgan fingerprint density at radius 2 is 1.92 bits per heavy atom. The predicted molar refractivity (Wildman–Crippen MR) is 189 cm³/mol. The molecule has 3 aromatic rings. The number of alkyl carbamates (subject to hydrolysis) is 1. The molecule has 0 bridgehead atoms. The van der Waals surface area contributed by atoms with Crippen LogP contribution in [-0.2, 0) is 30.7 Å². The van der Waals surface area contributed by atoms with Crippen LogP contribution in [0.3, 0.4) is 0 Å². The van der Waals surface area contributed by atoms with Crippen molar-refractivity contribution >= 4 is 42.8 Å². The lowest BCUT2D eigenvalue weighted by Crippen LogP contribution is -2.51. The summed E-state index contributed by atoms with van der Waals surface area (Å²) in [7, 11) is -2.00. The number of aromatic nitrogens is 1. The third-order valence-corrected chi connectivity index (χ3v) is 12.5. The number of likely N-dealkylation sites (N-methyl/N-ethyl adjacent to an activating group) is 1. The second-order valence-corrected chi connectivity index (χ2v) is 16.7. The van der Waals surface area contributed by atoms with Crippen LogP contribution >= 0.6 is 11.3 Å². The van der Waals surface area contributed by atoms with Crippen LogP contribution in [-0.4, -0.2) is 118 Å². The lowest BCUT2D eigenvalue weighted by Gasteiger charge is -2.31. The number of amides is 1. The molecule has 3 fully saturated rings. The van der Waals surface area contributed by atoms with Gasteiger partial charge in [-0.05, 0) is 68.5 Å². The van der Waals surface area contributed by atoms with Crippen molar-refractivity contribution in [1.82, 2.24) is 19.5 Å². The zero-order valence-electron chi connectivity index (χ0n) is 28.6. The summed E-state index contributed by atoms with van der Waals surface area (Å²) in [5.74, 6) is -0.0448. The number of hydrogen-bond donors (Lipinski definition) is 2. The van der Waals surface area contributed by atoms with Gasteiger partial charge in [0.25, 0.3) is 0 Å². The van der Waals surface area contributed by atoms with E-state index >= 15 is 0 Å². The SMILES string of the molecule is CC(C)CN(C[C@@H](O)[C@H](Cc1ccccc1)NC(=O)O[C@H]1CO[C@H]2OCC[C@H]21)S(=O)(=O)c1ccc2nc(N(C)CCN3CCCC3)sc2c1. The number of likely N-dealkylation sites (tertiary alicyclic amines) is 1. The first-order valence-corrected chi connectivity index (χ1v) is 19.6. The zero-order valence-corrected chi connectivity index (χ0v) is 30.2. The Balaban J connectivity index is 1.17. The first-order valence-electron chi connectivity index (χ1n) is 17.3. The van der Waals surface area contributed by atoms with Crippen molar-refractivity contribution in [1.29, 1.82) is 0 Å². The molecule has 49 heavy (non-hydrogen) atoms. The van der Waals surface area contributed by atoms with Crippen molar-refractivity contribution < 1.29 is 32.5 Å². The minimum atomic E-state index is -4.02. The number of aliphatic hydroxyl groups is 1. The molecule has 4 heterocycles. The number of nitrogens with zero attached hydrogens (tertiary/aromatic N) is 4. The second-order valence-electron chi connectivity index (χ2n) is 13.8. The number of thiazole rings is 1. The van der Waals surface area contributed by atoms with Crippen LogP contribution < -0.4 is 10.2 Å². The molecule has 12 nitrogen and oxygen atoms in total. The second kappa shape index (κ2) is 16.0. The van der Waals surface area contributed by atoms with E-state index in [4.69, 9.17) is 19.2 Å². The maximum atomic E-state index is 14.2. The fourth-order valence-electron chi connectivity index (χ4n) is 6.79. The number of rotatable bonds is 15. The molecule has 0 unspecified atom stereocenters. The number of fused-ring (bicyclic) bond motifs is 2. The van der Waals surface area contributed by atoms with Crippen LogP contribution in [0.4, 0.5) is 9.93 Å². The van der Waals surface area contributed by atoms with E-state index in [1.165, 1.54) is 28.5 Å². The van der Waals surface area contributed by atoms with Crippen LogP contribution in [0, 0.1) is 11.8 Å². The van der Waals surface area contributed by atoms with Crippen molar-refractivity contribution in [3.63, 3.8) is 0 Å². The van der Waals surface area contributed by atoms with Gasteiger partial charge in [0.1, 0.15) is 6.10 Å². The maximum Gasteiger partial charge on any atom is 0.407 e. The molecule has 2 aromatic carbocycles. The van der Waals surface area contributed by atoms with Crippen LogP contribution in [0.25, 0.3) is 10.2 Å². The molecule has 0 aliphatic carbocycles. The van der Waals surface area contributed by atoms with E-state index in [2.05, 4.69) is 15.1 Å². The molecule has 0 saturated carbocycles. The summed E-state index contributed by atoms with van der Waals surface area (Å²) in [6.07, 6.45) is 0.784. The van der Waals surface area contributed by atoms with E-state index < -0.39 is 34.4 Å². The van der Waals surface area contributed by atoms with Crippen LogP contribution in [0.1, 0.15) is 38.7 Å². The normalized spacial score (nSPS) is 22.5. The summed E-state index contributed by atoms with van der Waals surface area (Å²) < 4.78 is 47.5. The van der Waals surface area contributed by atoms with Crippen molar-refractivity contribution in [2.75, 3.05) is 64.4 Å². The fourth-order valence-corrected chi connectivity index (χ4v) is 9.51. The summed E-state index contributed by atoms with van der Waals surface area (Å²) in [5, 5.41) is 15.3. The molecule has 3 aliphatic heterocycles. The summed E-state index contributed by atoms with van der Waals surface area (Å²) in [6.45, 7) is 8.74. The third-order valence-electron chi connectivity index (χ3n) is 9.53. The molecule has 1 aromatic heterocycles. The molecule has 6 rings (SSSR count). The highest BCUT2D eigenvalue weighted by atomic mass is 32.2. The van der Waals surface area contributed by atoms with E-state index in [9.17, 15) is 18.3 Å². The van der Waals surface area contributed by atoms with Gasteiger partial charge in [0.05, 0.1) is 46.4 Å². The van der Waals surface area contributed by atoms with Gasteiger partial charge in [-0.2, -0.15) is 4.31 Å². The van der Waals surface area contributed by atoms with E-state index in [1.807, 2.05) is 51.2 Å². The first kappa shape index (κ1) is 36.0. The van der Waals surface area contributed by atoms with Gasteiger partial charge in [-0.15, -0.1) is 0 Å². The molecule has 3 aliphatic rings. The zero-order chi connectivity index (χ0) is 34.5. The summed E-state index contributed by atoms with van der Waals surface area (Å²) in [5.41, 5.74) is 1.63. The number of aliphatic hydroxyl groups excluding tert-OH is 1. The van der Waals surface area contributed by atoms with Crippen molar-refractivity contribution in [2.45, 2.75) is 69.0 Å². The van der Waals surface area contributed by atoms with Gasteiger partial charge in [-0.25, -0.2) is 18.2 Å². The van der Waals surface area contributed by atoms with E-state index in [-0.39, 0.29) is 49.1 Å². The van der Waals surface area contributed by atoms with Crippen molar-refractivity contribution in [2.24, 2.45) is 11.8 Å². The number of ether oxygens (including phenoxy) is 3. The third kappa shape index (κ3) is 8.91. The van der Waals surface area contributed by atoms with E-state index in [0.29, 0.717) is 6.61 Å². The first-order chi connectivity index (χ1) is 23.6. The highest BCUT2D eigenvalue weighted by Crippen LogP contribution is 2.33. The number of carbonyl (C=O) groups is 1. The van der Waals surface area contributed by atoms with Crippen LogP contribution in [0.2, 0.25) is 0 Å². The highest BCUT2D eigenvalue weighted by molar-refractivity contribution is 7.89. The van der Waals surface area contributed by atoms with Gasteiger partial charge in [0.15, 0.2) is 11.4 Å². The molecule has 3 saturated heterocycles. The molecule has 0 spiro atoms. The van der Waals surface area contributed by atoms with Gasteiger partial charge in [0, 0.05) is 33.2 Å². The lowest BCUT2D eigenvalue weighted by atomic mass is 10.0. The molecule has 0 radical (unpaired) electrons.